The van der Waals surface area contributed by atoms with Gasteiger partial charge in [0.05, 0.1) is 39.9 Å². The van der Waals surface area contributed by atoms with Gasteiger partial charge in [-0.15, -0.1) is 0 Å². The predicted molar refractivity (Wildman–Crippen MR) is 242 cm³/mol. The van der Waals surface area contributed by atoms with Crippen molar-refractivity contribution in [1.29, 1.82) is 0 Å². The molecular formula is C48H93N2O6P. The molecule has 0 saturated carbocycles. The lowest BCUT2D eigenvalue weighted by Gasteiger charge is -2.29. The number of carbonyl (C=O) groups excluding carboxylic acids is 1. The van der Waals surface area contributed by atoms with E-state index in [0.29, 0.717) is 17.4 Å². The number of rotatable bonds is 43. The summed E-state index contributed by atoms with van der Waals surface area (Å²) in [6.45, 7) is 4.59. The van der Waals surface area contributed by atoms with Crippen LogP contribution in [0.1, 0.15) is 213 Å². The van der Waals surface area contributed by atoms with Crippen LogP contribution in [0.3, 0.4) is 0 Å². The Morgan fingerprint density at radius 1 is 0.614 bits per heavy atom. The van der Waals surface area contributed by atoms with Crippen molar-refractivity contribution >= 4 is 13.7 Å². The maximum absolute atomic E-state index is 12.8. The highest BCUT2D eigenvalue weighted by molar-refractivity contribution is 7.45. The molecule has 57 heavy (non-hydrogen) atoms. The summed E-state index contributed by atoms with van der Waals surface area (Å²) >= 11 is 0. The standard InChI is InChI=1S/C48H93N2O6P/c1-6-8-10-12-14-16-17-18-19-20-21-22-23-24-25-26-27-28-29-30-31-32-33-34-36-38-40-42-48(52)49-46(45-56-57(53,54)55-44-43-50(3,4)5)47(51)41-39-37-35-15-13-11-9-7-2/h17-18,20-21,39,41,46-47,51H,6-16,19,22-38,40,42-45H2,1-5H3,(H-,49,52,53,54)/b18-17-,21-20-,41-39+. The zero-order chi connectivity index (χ0) is 42.1. The third-order valence-electron chi connectivity index (χ3n) is 10.6. The minimum absolute atomic E-state index is 0.000941. The maximum atomic E-state index is 12.8. The molecule has 0 aromatic heterocycles. The molecule has 0 bridgehead atoms. The van der Waals surface area contributed by atoms with Crippen molar-refractivity contribution in [3.8, 4) is 0 Å². The summed E-state index contributed by atoms with van der Waals surface area (Å²) < 4.78 is 23.1. The van der Waals surface area contributed by atoms with Crippen LogP contribution in [0.2, 0.25) is 0 Å². The van der Waals surface area contributed by atoms with E-state index in [4.69, 9.17) is 9.05 Å². The van der Waals surface area contributed by atoms with Crippen molar-refractivity contribution < 1.29 is 32.9 Å². The highest BCUT2D eigenvalue weighted by atomic mass is 31.2. The first-order valence-electron chi connectivity index (χ1n) is 23.9. The number of unbranched alkanes of at least 4 members (excludes halogenated alkanes) is 26. The predicted octanol–water partition coefficient (Wildman–Crippen LogP) is 12.8. The highest BCUT2D eigenvalue weighted by Crippen LogP contribution is 2.38. The van der Waals surface area contributed by atoms with Gasteiger partial charge in [0.15, 0.2) is 0 Å². The molecule has 3 atom stereocenters. The van der Waals surface area contributed by atoms with E-state index in [9.17, 15) is 19.4 Å². The Hall–Kier alpha value is -1.28. The van der Waals surface area contributed by atoms with Crippen molar-refractivity contribution in [2.45, 2.75) is 225 Å². The summed E-state index contributed by atoms with van der Waals surface area (Å²) in [5.74, 6) is -0.201. The molecule has 0 aliphatic carbocycles. The largest absolute Gasteiger partial charge is 0.756 e. The molecule has 0 radical (unpaired) electrons. The number of hydrogen-bond acceptors (Lipinski definition) is 6. The fourth-order valence-corrected chi connectivity index (χ4v) is 7.49. The van der Waals surface area contributed by atoms with Crippen LogP contribution in [0.15, 0.2) is 36.5 Å². The average Bonchev–Trinajstić information content (AvgIpc) is 3.16. The SMILES string of the molecule is CCCCCCC/C=C\C/C=C\CCCCCCCCCCCCCCCCCC(=O)NC(COP(=O)([O-])OCC[N+](C)(C)C)C(O)/C=C/CCCCCCCC. The normalized spacial score (nSPS) is 14.6. The number of quaternary nitrogens is 1. The molecule has 0 aromatic carbocycles. The molecule has 0 aliphatic heterocycles. The Balaban J connectivity index is 4.05. The molecule has 0 fully saturated rings. The van der Waals surface area contributed by atoms with Gasteiger partial charge >= 0.3 is 0 Å². The topological polar surface area (TPSA) is 108 Å². The van der Waals surface area contributed by atoms with Crippen LogP contribution in [0.25, 0.3) is 0 Å². The van der Waals surface area contributed by atoms with Crippen molar-refractivity contribution in [2.24, 2.45) is 0 Å². The smallest absolute Gasteiger partial charge is 0.268 e. The summed E-state index contributed by atoms with van der Waals surface area (Å²) in [7, 11) is 1.26. The summed E-state index contributed by atoms with van der Waals surface area (Å²) in [6, 6.07) is -0.882. The Morgan fingerprint density at radius 3 is 1.46 bits per heavy atom. The van der Waals surface area contributed by atoms with Gasteiger partial charge in [-0.1, -0.05) is 192 Å². The number of allylic oxidation sites excluding steroid dienone is 5. The number of phosphoric ester groups is 1. The molecule has 0 rings (SSSR count). The zero-order valence-corrected chi connectivity index (χ0v) is 38.9. The van der Waals surface area contributed by atoms with Gasteiger partial charge in [0, 0.05) is 6.42 Å². The molecule has 3 unspecified atom stereocenters. The third kappa shape index (κ3) is 42.6. The Labute approximate surface area is 353 Å². The number of aliphatic hydroxyl groups excluding tert-OH is 1. The van der Waals surface area contributed by atoms with E-state index in [-0.39, 0.29) is 19.1 Å². The van der Waals surface area contributed by atoms with E-state index in [1.807, 2.05) is 27.2 Å². The van der Waals surface area contributed by atoms with Gasteiger partial charge in [0.1, 0.15) is 13.2 Å². The molecule has 1 amide bonds. The third-order valence-corrected chi connectivity index (χ3v) is 11.6. The second kappa shape index (κ2) is 40.1. The number of amides is 1. The van der Waals surface area contributed by atoms with Crippen LogP contribution in [0.5, 0.6) is 0 Å². The second-order valence-corrected chi connectivity index (χ2v) is 18.9. The van der Waals surface area contributed by atoms with E-state index < -0.39 is 20.0 Å². The fourth-order valence-electron chi connectivity index (χ4n) is 6.77. The van der Waals surface area contributed by atoms with E-state index in [2.05, 4.69) is 43.5 Å². The fraction of sp³-hybridized carbons (Fsp3) is 0.854. The van der Waals surface area contributed by atoms with Crippen molar-refractivity contribution in [1.82, 2.24) is 5.32 Å². The number of carbonyl (C=O) groups is 1. The first-order valence-corrected chi connectivity index (χ1v) is 25.3. The van der Waals surface area contributed by atoms with Crippen molar-refractivity contribution in [3.05, 3.63) is 36.5 Å². The minimum Gasteiger partial charge on any atom is -0.756 e. The summed E-state index contributed by atoms with van der Waals surface area (Å²) in [5, 5.41) is 13.7. The van der Waals surface area contributed by atoms with Crippen molar-refractivity contribution in [3.63, 3.8) is 0 Å². The second-order valence-electron chi connectivity index (χ2n) is 17.5. The first kappa shape index (κ1) is 55.7. The van der Waals surface area contributed by atoms with Gasteiger partial charge in [0.2, 0.25) is 5.91 Å². The molecule has 0 spiro atoms. The highest BCUT2D eigenvalue weighted by Gasteiger charge is 2.23. The van der Waals surface area contributed by atoms with Gasteiger partial charge < -0.3 is 28.8 Å². The van der Waals surface area contributed by atoms with E-state index in [1.165, 1.54) is 148 Å². The molecule has 336 valence electrons. The molecule has 2 N–H and O–H groups in total. The van der Waals surface area contributed by atoms with Crippen LogP contribution in [0.4, 0.5) is 0 Å². The number of hydrogen-bond donors (Lipinski definition) is 2. The maximum Gasteiger partial charge on any atom is 0.268 e. The van der Waals surface area contributed by atoms with E-state index in [1.54, 1.807) is 6.08 Å². The molecule has 0 saturated heterocycles. The van der Waals surface area contributed by atoms with Crippen LogP contribution < -0.4 is 10.2 Å². The number of nitrogens with zero attached hydrogens (tertiary/aromatic N) is 1. The lowest BCUT2D eigenvalue weighted by atomic mass is 10.0. The van der Waals surface area contributed by atoms with Gasteiger partial charge in [-0.3, -0.25) is 9.36 Å². The monoisotopic (exact) mass is 825 g/mol. The lowest BCUT2D eigenvalue weighted by molar-refractivity contribution is -0.870. The van der Waals surface area contributed by atoms with Crippen molar-refractivity contribution in [2.75, 3.05) is 40.9 Å². The number of phosphoric acid groups is 1. The number of likely N-dealkylation sites (N-methyl/N-ethyl adjacent to an activating group) is 1. The molecule has 0 aromatic rings. The molecular weight excluding hydrogens is 732 g/mol. The Bertz CT molecular complexity index is 1030. The van der Waals surface area contributed by atoms with Gasteiger partial charge in [-0.05, 0) is 51.4 Å². The van der Waals surface area contributed by atoms with Gasteiger partial charge in [-0.25, -0.2) is 0 Å². The summed E-state index contributed by atoms with van der Waals surface area (Å²) in [6.07, 6.45) is 49.3. The molecule has 0 heterocycles. The number of aliphatic hydroxyl groups is 1. The van der Waals surface area contributed by atoms with Crippen LogP contribution in [0, 0.1) is 0 Å². The van der Waals surface area contributed by atoms with Gasteiger partial charge in [0.25, 0.3) is 7.82 Å². The molecule has 0 aliphatic rings. The summed E-state index contributed by atoms with van der Waals surface area (Å²) in [5.41, 5.74) is 0. The van der Waals surface area contributed by atoms with Crippen LogP contribution in [-0.2, 0) is 18.4 Å². The first-order chi connectivity index (χ1) is 27.5. The molecule has 9 heteroatoms. The molecule has 8 nitrogen and oxygen atoms in total. The average molecular weight is 825 g/mol. The summed E-state index contributed by atoms with van der Waals surface area (Å²) in [4.78, 5) is 25.2. The lowest BCUT2D eigenvalue weighted by Crippen LogP contribution is -2.45. The van der Waals surface area contributed by atoms with Gasteiger partial charge in [-0.2, -0.15) is 0 Å². The number of nitrogens with one attached hydrogen (secondary N) is 1. The zero-order valence-electron chi connectivity index (χ0n) is 38.0. The van der Waals surface area contributed by atoms with E-state index in [0.717, 1.165) is 44.9 Å². The van der Waals surface area contributed by atoms with Crippen LogP contribution >= 0.6 is 7.82 Å². The van der Waals surface area contributed by atoms with Crippen LogP contribution in [-0.4, -0.2) is 68.5 Å². The van der Waals surface area contributed by atoms with E-state index >= 15 is 0 Å². The quantitative estimate of drug-likeness (QED) is 0.0274. The Morgan fingerprint density at radius 2 is 1.02 bits per heavy atom. The minimum atomic E-state index is -4.58. The Kier molecular flexibility index (Phi) is 39.2.